The van der Waals surface area contributed by atoms with Gasteiger partial charge in [-0.3, -0.25) is 0 Å². The SMILES string of the molecule is CNC(Cc1ccc(OC)c(Br)c1)C1CCC(C)C1. The van der Waals surface area contributed by atoms with Crippen molar-refractivity contribution in [2.24, 2.45) is 11.8 Å². The van der Waals surface area contributed by atoms with Crippen LogP contribution in [0, 0.1) is 11.8 Å². The number of methoxy groups -OCH3 is 1. The molecule has 0 bridgehead atoms. The van der Waals surface area contributed by atoms with Crippen molar-refractivity contribution in [2.45, 2.75) is 38.6 Å². The molecule has 1 aliphatic rings. The zero-order valence-electron chi connectivity index (χ0n) is 12.1. The summed E-state index contributed by atoms with van der Waals surface area (Å²) in [6, 6.07) is 6.99. The van der Waals surface area contributed by atoms with Gasteiger partial charge in [0.2, 0.25) is 0 Å². The van der Waals surface area contributed by atoms with Crippen LogP contribution in [0.25, 0.3) is 0 Å². The molecule has 2 rings (SSSR count). The fourth-order valence-electron chi connectivity index (χ4n) is 3.21. The molecule has 0 saturated heterocycles. The first-order chi connectivity index (χ1) is 9.13. The van der Waals surface area contributed by atoms with Crippen molar-refractivity contribution in [2.75, 3.05) is 14.2 Å². The van der Waals surface area contributed by atoms with E-state index in [0.717, 1.165) is 28.5 Å². The zero-order chi connectivity index (χ0) is 13.8. The monoisotopic (exact) mass is 325 g/mol. The average Bonchev–Trinajstić information content (AvgIpc) is 2.82. The fraction of sp³-hybridized carbons (Fsp3) is 0.625. The van der Waals surface area contributed by atoms with Crippen LogP contribution >= 0.6 is 15.9 Å². The lowest BCUT2D eigenvalue weighted by atomic mass is 9.91. The molecular weight excluding hydrogens is 302 g/mol. The molecule has 1 aliphatic carbocycles. The van der Waals surface area contributed by atoms with Gasteiger partial charge in [-0.15, -0.1) is 0 Å². The number of benzene rings is 1. The predicted octanol–water partition coefficient (Wildman–Crippen LogP) is 4.02. The molecule has 0 heterocycles. The minimum absolute atomic E-state index is 0.588. The molecule has 106 valence electrons. The van der Waals surface area contributed by atoms with E-state index in [1.807, 2.05) is 6.07 Å². The highest BCUT2D eigenvalue weighted by atomic mass is 79.9. The Hall–Kier alpha value is -0.540. The van der Waals surface area contributed by atoms with Gasteiger partial charge in [0.05, 0.1) is 11.6 Å². The second kappa shape index (κ2) is 6.76. The van der Waals surface area contributed by atoms with Gasteiger partial charge in [-0.25, -0.2) is 0 Å². The summed E-state index contributed by atoms with van der Waals surface area (Å²) in [5.74, 6) is 2.61. The Morgan fingerprint density at radius 1 is 1.42 bits per heavy atom. The zero-order valence-corrected chi connectivity index (χ0v) is 13.7. The van der Waals surface area contributed by atoms with Gasteiger partial charge in [-0.2, -0.15) is 0 Å². The van der Waals surface area contributed by atoms with Crippen LogP contribution in [-0.4, -0.2) is 20.2 Å². The molecule has 19 heavy (non-hydrogen) atoms. The first-order valence-electron chi connectivity index (χ1n) is 7.13. The lowest BCUT2D eigenvalue weighted by Crippen LogP contribution is -2.34. The number of nitrogens with one attached hydrogen (secondary N) is 1. The lowest BCUT2D eigenvalue weighted by molar-refractivity contribution is 0.367. The molecule has 2 nitrogen and oxygen atoms in total. The third-order valence-corrected chi connectivity index (χ3v) is 4.97. The Morgan fingerprint density at radius 3 is 2.74 bits per heavy atom. The smallest absolute Gasteiger partial charge is 0.133 e. The summed E-state index contributed by atoms with van der Waals surface area (Å²) >= 11 is 3.57. The highest BCUT2D eigenvalue weighted by Gasteiger charge is 2.27. The standard InChI is InChI=1S/C16H24BrNO/c1-11-4-6-13(8-11)15(18-2)10-12-5-7-16(19-3)14(17)9-12/h5,7,9,11,13,15,18H,4,6,8,10H2,1-3H3. The van der Waals surface area contributed by atoms with Gasteiger partial charge >= 0.3 is 0 Å². The van der Waals surface area contributed by atoms with Crippen LogP contribution in [0.15, 0.2) is 22.7 Å². The summed E-state index contributed by atoms with van der Waals surface area (Å²) in [5.41, 5.74) is 1.37. The largest absolute Gasteiger partial charge is 0.496 e. The van der Waals surface area contributed by atoms with E-state index >= 15 is 0 Å². The summed E-state index contributed by atoms with van der Waals surface area (Å²) in [5, 5.41) is 3.51. The first-order valence-corrected chi connectivity index (χ1v) is 7.93. The minimum atomic E-state index is 0.588. The molecule has 3 unspecified atom stereocenters. The molecular formula is C16H24BrNO. The number of ether oxygens (including phenoxy) is 1. The van der Waals surface area contributed by atoms with Crippen molar-refractivity contribution >= 4 is 15.9 Å². The van der Waals surface area contributed by atoms with Gasteiger partial charge in [-0.1, -0.05) is 19.4 Å². The van der Waals surface area contributed by atoms with Gasteiger partial charge in [0, 0.05) is 6.04 Å². The normalized spacial score (nSPS) is 24.4. The van der Waals surface area contributed by atoms with Crippen molar-refractivity contribution in [3.05, 3.63) is 28.2 Å². The van der Waals surface area contributed by atoms with E-state index in [4.69, 9.17) is 4.74 Å². The van der Waals surface area contributed by atoms with Crippen molar-refractivity contribution in [1.82, 2.24) is 5.32 Å². The maximum Gasteiger partial charge on any atom is 0.133 e. The summed E-state index contributed by atoms with van der Waals surface area (Å²) in [6.45, 7) is 2.37. The summed E-state index contributed by atoms with van der Waals surface area (Å²) < 4.78 is 6.33. The first kappa shape index (κ1) is 14.9. The van der Waals surface area contributed by atoms with E-state index in [9.17, 15) is 0 Å². The molecule has 3 heteroatoms. The summed E-state index contributed by atoms with van der Waals surface area (Å²) in [6.07, 6.45) is 5.21. The van der Waals surface area contributed by atoms with Crippen LogP contribution in [0.4, 0.5) is 0 Å². The maximum absolute atomic E-state index is 5.28. The minimum Gasteiger partial charge on any atom is -0.496 e. The molecule has 3 atom stereocenters. The molecule has 1 fully saturated rings. The summed E-state index contributed by atoms with van der Waals surface area (Å²) in [4.78, 5) is 0. The second-order valence-electron chi connectivity index (χ2n) is 5.75. The molecule has 0 amide bonds. The molecule has 1 aromatic rings. The van der Waals surface area contributed by atoms with Crippen LogP contribution in [0.3, 0.4) is 0 Å². The number of hydrogen-bond donors (Lipinski definition) is 1. The Labute approximate surface area is 125 Å². The highest BCUT2D eigenvalue weighted by Crippen LogP contribution is 2.34. The van der Waals surface area contributed by atoms with Crippen LogP contribution in [0.5, 0.6) is 5.75 Å². The van der Waals surface area contributed by atoms with Gasteiger partial charge in [0.1, 0.15) is 5.75 Å². The van der Waals surface area contributed by atoms with E-state index < -0.39 is 0 Å². The van der Waals surface area contributed by atoms with Crippen molar-refractivity contribution in [3.8, 4) is 5.75 Å². The van der Waals surface area contributed by atoms with Gasteiger partial charge < -0.3 is 10.1 Å². The predicted molar refractivity (Wildman–Crippen MR) is 83.8 cm³/mol. The maximum atomic E-state index is 5.28. The Kier molecular flexibility index (Phi) is 5.28. The van der Waals surface area contributed by atoms with Crippen LogP contribution < -0.4 is 10.1 Å². The van der Waals surface area contributed by atoms with Crippen molar-refractivity contribution in [1.29, 1.82) is 0 Å². The van der Waals surface area contributed by atoms with E-state index in [2.05, 4.69) is 47.4 Å². The lowest BCUT2D eigenvalue weighted by Gasteiger charge is -2.23. The molecule has 0 aromatic heterocycles. The van der Waals surface area contributed by atoms with Crippen LogP contribution in [0.2, 0.25) is 0 Å². The van der Waals surface area contributed by atoms with E-state index in [0.29, 0.717) is 6.04 Å². The number of hydrogen-bond acceptors (Lipinski definition) is 2. The molecule has 1 saturated carbocycles. The number of rotatable bonds is 5. The second-order valence-corrected chi connectivity index (χ2v) is 6.60. The van der Waals surface area contributed by atoms with E-state index in [1.54, 1.807) is 7.11 Å². The molecule has 0 radical (unpaired) electrons. The van der Waals surface area contributed by atoms with Gasteiger partial charge in [0.25, 0.3) is 0 Å². The highest BCUT2D eigenvalue weighted by molar-refractivity contribution is 9.10. The molecule has 0 aliphatic heterocycles. The fourth-order valence-corrected chi connectivity index (χ4v) is 3.80. The number of halogens is 1. The van der Waals surface area contributed by atoms with Crippen LogP contribution in [-0.2, 0) is 6.42 Å². The Balaban J connectivity index is 2.03. The van der Waals surface area contributed by atoms with Crippen molar-refractivity contribution < 1.29 is 4.74 Å². The third-order valence-electron chi connectivity index (χ3n) is 4.35. The van der Waals surface area contributed by atoms with Crippen molar-refractivity contribution in [3.63, 3.8) is 0 Å². The molecule has 1 aromatic carbocycles. The molecule has 0 spiro atoms. The quantitative estimate of drug-likeness (QED) is 0.882. The van der Waals surface area contributed by atoms with Gasteiger partial charge in [0.15, 0.2) is 0 Å². The topological polar surface area (TPSA) is 21.3 Å². The average molecular weight is 326 g/mol. The van der Waals surface area contributed by atoms with E-state index in [-0.39, 0.29) is 0 Å². The Bertz CT molecular complexity index is 421. The molecule has 1 N–H and O–H groups in total. The Morgan fingerprint density at radius 2 is 2.21 bits per heavy atom. The van der Waals surface area contributed by atoms with Gasteiger partial charge in [-0.05, 0) is 71.8 Å². The summed E-state index contributed by atoms with van der Waals surface area (Å²) in [7, 11) is 3.79. The third kappa shape index (κ3) is 3.73. The van der Waals surface area contributed by atoms with Crippen LogP contribution in [0.1, 0.15) is 31.7 Å². The van der Waals surface area contributed by atoms with E-state index in [1.165, 1.54) is 24.8 Å². The number of likely N-dealkylation sites (N-methyl/N-ethyl adjacent to an activating group) is 1.